The SMILES string of the molecule is C[C@@H]1CC2=C[C@@H](C)[C@@H](O)C[C@H]2S(=O)(=O)O1. The van der Waals surface area contributed by atoms with Gasteiger partial charge in [-0.3, -0.25) is 4.18 Å². The molecular formula is C10H16O4S. The maximum Gasteiger partial charge on any atom is 0.274 e. The summed E-state index contributed by atoms with van der Waals surface area (Å²) >= 11 is 0. The summed E-state index contributed by atoms with van der Waals surface area (Å²) < 4.78 is 28.4. The molecule has 4 atom stereocenters. The average molecular weight is 232 g/mol. The molecule has 1 aliphatic heterocycles. The van der Waals surface area contributed by atoms with Crippen LogP contribution >= 0.6 is 0 Å². The van der Waals surface area contributed by atoms with Gasteiger partial charge in [-0.2, -0.15) is 8.42 Å². The van der Waals surface area contributed by atoms with Crippen LogP contribution in [0.5, 0.6) is 0 Å². The molecule has 1 fully saturated rings. The zero-order chi connectivity index (χ0) is 11.2. The molecule has 0 radical (unpaired) electrons. The van der Waals surface area contributed by atoms with E-state index in [-0.39, 0.29) is 18.4 Å². The molecule has 1 aliphatic carbocycles. The molecule has 5 heteroatoms. The second kappa shape index (κ2) is 3.57. The van der Waals surface area contributed by atoms with Crippen LogP contribution < -0.4 is 0 Å². The summed E-state index contributed by atoms with van der Waals surface area (Å²) in [7, 11) is -3.52. The van der Waals surface area contributed by atoms with E-state index in [9.17, 15) is 13.5 Å². The van der Waals surface area contributed by atoms with Gasteiger partial charge in [-0.05, 0) is 19.8 Å². The molecule has 0 aromatic carbocycles. The summed E-state index contributed by atoms with van der Waals surface area (Å²) in [5, 5.41) is 9.03. The van der Waals surface area contributed by atoms with Crippen molar-refractivity contribution in [2.24, 2.45) is 5.92 Å². The van der Waals surface area contributed by atoms with Crippen LogP contribution in [0.25, 0.3) is 0 Å². The number of aliphatic hydroxyl groups excluding tert-OH is 1. The molecule has 1 saturated heterocycles. The predicted molar refractivity (Wildman–Crippen MR) is 55.7 cm³/mol. The fraction of sp³-hybridized carbons (Fsp3) is 0.800. The standard InChI is InChI=1S/C10H16O4S/c1-6-3-8-4-7(2)14-15(12,13)10(8)5-9(6)11/h3,6-7,9-11H,4-5H2,1-2H3/t6-,7-,9+,10-/m1/s1. The van der Waals surface area contributed by atoms with Gasteiger partial charge in [0.2, 0.25) is 0 Å². The Kier molecular flexibility index (Phi) is 2.65. The summed E-state index contributed by atoms with van der Waals surface area (Å²) in [6.45, 7) is 3.66. The van der Waals surface area contributed by atoms with Crippen LogP contribution in [0.4, 0.5) is 0 Å². The third-order valence-corrected chi connectivity index (χ3v) is 4.91. The van der Waals surface area contributed by atoms with Gasteiger partial charge in [0.15, 0.2) is 0 Å². The second-order valence-electron chi connectivity index (χ2n) is 4.50. The van der Waals surface area contributed by atoms with E-state index < -0.39 is 21.5 Å². The van der Waals surface area contributed by atoms with E-state index in [1.54, 1.807) is 6.92 Å². The molecule has 0 saturated carbocycles. The Labute approximate surface area is 90.1 Å². The van der Waals surface area contributed by atoms with Gasteiger partial charge in [-0.25, -0.2) is 0 Å². The van der Waals surface area contributed by atoms with Crippen molar-refractivity contribution in [2.45, 2.75) is 44.1 Å². The molecule has 15 heavy (non-hydrogen) atoms. The van der Waals surface area contributed by atoms with Gasteiger partial charge < -0.3 is 5.11 Å². The third-order valence-electron chi connectivity index (χ3n) is 3.12. The highest BCUT2D eigenvalue weighted by Gasteiger charge is 2.41. The smallest absolute Gasteiger partial charge is 0.274 e. The highest BCUT2D eigenvalue weighted by atomic mass is 32.2. The predicted octanol–water partition coefficient (Wildman–Crippen LogP) is 0.821. The molecule has 0 aromatic rings. The molecule has 0 bridgehead atoms. The first-order valence-electron chi connectivity index (χ1n) is 5.21. The number of hydrogen-bond donors (Lipinski definition) is 1. The Bertz CT molecular complexity index is 384. The van der Waals surface area contributed by atoms with E-state index in [0.29, 0.717) is 6.42 Å². The highest BCUT2D eigenvalue weighted by Crippen LogP contribution is 2.36. The maximum atomic E-state index is 11.7. The first kappa shape index (κ1) is 11.1. The molecule has 0 spiro atoms. The Morgan fingerprint density at radius 1 is 1.47 bits per heavy atom. The zero-order valence-corrected chi connectivity index (χ0v) is 9.70. The summed E-state index contributed by atoms with van der Waals surface area (Å²) in [5.41, 5.74) is 0.909. The fourth-order valence-electron chi connectivity index (χ4n) is 2.31. The van der Waals surface area contributed by atoms with Crippen molar-refractivity contribution in [3.8, 4) is 0 Å². The van der Waals surface area contributed by atoms with Crippen molar-refractivity contribution in [1.82, 2.24) is 0 Å². The summed E-state index contributed by atoms with van der Waals surface area (Å²) in [4.78, 5) is 0. The van der Waals surface area contributed by atoms with Crippen LogP contribution in [-0.2, 0) is 14.3 Å². The van der Waals surface area contributed by atoms with E-state index in [0.717, 1.165) is 5.57 Å². The maximum absolute atomic E-state index is 11.7. The number of fused-ring (bicyclic) bond motifs is 1. The Morgan fingerprint density at radius 2 is 2.13 bits per heavy atom. The zero-order valence-electron chi connectivity index (χ0n) is 8.88. The van der Waals surface area contributed by atoms with Crippen LogP contribution in [-0.4, -0.2) is 31.0 Å². The average Bonchev–Trinajstić information content (AvgIpc) is 2.07. The molecule has 4 nitrogen and oxygen atoms in total. The molecule has 1 N–H and O–H groups in total. The van der Waals surface area contributed by atoms with Gasteiger partial charge in [0.1, 0.15) is 5.25 Å². The molecule has 2 aliphatic rings. The molecule has 1 heterocycles. The minimum atomic E-state index is -3.52. The van der Waals surface area contributed by atoms with Gasteiger partial charge in [-0.15, -0.1) is 0 Å². The summed E-state index contributed by atoms with van der Waals surface area (Å²) in [6.07, 6.45) is 1.95. The molecule has 0 amide bonds. The molecule has 2 rings (SSSR count). The van der Waals surface area contributed by atoms with E-state index in [4.69, 9.17) is 4.18 Å². The normalized spacial score (nSPS) is 44.3. The fourth-order valence-corrected chi connectivity index (χ4v) is 3.94. The summed E-state index contributed by atoms with van der Waals surface area (Å²) in [5.74, 6) is 0.0387. The van der Waals surface area contributed by atoms with Crippen molar-refractivity contribution in [1.29, 1.82) is 0 Å². The van der Waals surface area contributed by atoms with Crippen molar-refractivity contribution in [3.63, 3.8) is 0 Å². The van der Waals surface area contributed by atoms with Gasteiger partial charge in [0.05, 0.1) is 12.2 Å². The largest absolute Gasteiger partial charge is 0.392 e. The third kappa shape index (κ3) is 1.96. The lowest BCUT2D eigenvalue weighted by molar-refractivity contribution is 0.112. The molecule has 0 unspecified atom stereocenters. The van der Waals surface area contributed by atoms with Crippen LogP contribution in [0.15, 0.2) is 11.6 Å². The lowest BCUT2D eigenvalue weighted by atomic mass is 9.86. The molecule has 0 aromatic heterocycles. The van der Waals surface area contributed by atoms with Crippen LogP contribution in [0.3, 0.4) is 0 Å². The van der Waals surface area contributed by atoms with Crippen molar-refractivity contribution in [3.05, 3.63) is 11.6 Å². The van der Waals surface area contributed by atoms with E-state index >= 15 is 0 Å². The monoisotopic (exact) mass is 232 g/mol. The summed E-state index contributed by atoms with van der Waals surface area (Å²) in [6, 6.07) is 0. The Hall–Kier alpha value is -0.390. The lowest BCUT2D eigenvalue weighted by Gasteiger charge is -2.35. The Balaban J connectivity index is 2.37. The second-order valence-corrected chi connectivity index (χ2v) is 6.24. The van der Waals surface area contributed by atoms with Crippen LogP contribution in [0, 0.1) is 5.92 Å². The quantitative estimate of drug-likeness (QED) is 0.496. The minimum Gasteiger partial charge on any atom is -0.392 e. The minimum absolute atomic E-state index is 0.0387. The van der Waals surface area contributed by atoms with Gasteiger partial charge in [-0.1, -0.05) is 18.6 Å². The van der Waals surface area contributed by atoms with Gasteiger partial charge in [0, 0.05) is 5.92 Å². The topological polar surface area (TPSA) is 63.6 Å². The van der Waals surface area contributed by atoms with E-state index in [1.165, 1.54) is 0 Å². The van der Waals surface area contributed by atoms with Crippen molar-refractivity contribution in [2.75, 3.05) is 0 Å². The van der Waals surface area contributed by atoms with E-state index in [2.05, 4.69) is 0 Å². The number of aliphatic hydroxyl groups is 1. The number of rotatable bonds is 0. The van der Waals surface area contributed by atoms with Crippen molar-refractivity contribution >= 4 is 10.1 Å². The molecule has 86 valence electrons. The highest BCUT2D eigenvalue weighted by molar-refractivity contribution is 7.87. The van der Waals surface area contributed by atoms with Gasteiger partial charge in [0.25, 0.3) is 10.1 Å². The number of hydrogen-bond acceptors (Lipinski definition) is 4. The van der Waals surface area contributed by atoms with Crippen LogP contribution in [0.1, 0.15) is 26.7 Å². The van der Waals surface area contributed by atoms with Crippen LogP contribution in [0.2, 0.25) is 0 Å². The van der Waals surface area contributed by atoms with E-state index in [1.807, 2.05) is 13.0 Å². The van der Waals surface area contributed by atoms with Crippen molar-refractivity contribution < 1.29 is 17.7 Å². The Morgan fingerprint density at radius 3 is 2.80 bits per heavy atom. The first-order valence-corrected chi connectivity index (χ1v) is 6.68. The first-order chi connectivity index (χ1) is 6.90. The van der Waals surface area contributed by atoms with Gasteiger partial charge >= 0.3 is 0 Å². The lowest BCUT2D eigenvalue weighted by Crippen LogP contribution is -2.41. The molecular weight excluding hydrogens is 216 g/mol.